The van der Waals surface area contributed by atoms with Crippen molar-refractivity contribution in [2.45, 2.75) is 63.0 Å². The highest BCUT2D eigenvalue weighted by Crippen LogP contribution is 2.30. The molecule has 1 N–H and O–H groups in total. The summed E-state index contributed by atoms with van der Waals surface area (Å²) in [4.78, 5) is 30.1. The number of amides is 1. The Hall–Kier alpha value is -1.60. The molecular weight excluding hydrogens is 378 g/mol. The summed E-state index contributed by atoms with van der Waals surface area (Å²) in [5.74, 6) is 1.13. The van der Waals surface area contributed by atoms with Crippen LogP contribution in [0.25, 0.3) is 10.2 Å². The summed E-state index contributed by atoms with van der Waals surface area (Å²) in [6, 6.07) is 2.08. The first-order chi connectivity index (χ1) is 12.9. The lowest BCUT2D eigenvalue weighted by molar-refractivity contribution is -0.121. The highest BCUT2D eigenvalue weighted by molar-refractivity contribution is 8.00. The van der Waals surface area contributed by atoms with Crippen molar-refractivity contribution in [2.24, 2.45) is 11.8 Å². The van der Waals surface area contributed by atoms with Crippen LogP contribution in [0.3, 0.4) is 0 Å². The van der Waals surface area contributed by atoms with Crippen LogP contribution in [0.2, 0.25) is 0 Å². The fraction of sp³-hybridized carbons (Fsp3) is 0.550. The SMILES string of the molecule is C=CCn1c(S[C@H](C)C(=O)N[C@@H]2CCC[C@H](C)[C@H]2C)nc2ccsc2c1=O. The largest absolute Gasteiger partial charge is 0.352 e. The Labute approximate surface area is 168 Å². The van der Waals surface area contributed by atoms with Gasteiger partial charge in [-0.3, -0.25) is 14.2 Å². The maximum Gasteiger partial charge on any atom is 0.272 e. The quantitative estimate of drug-likeness (QED) is 0.447. The molecule has 0 unspecified atom stereocenters. The number of thioether (sulfide) groups is 1. The van der Waals surface area contributed by atoms with Crippen LogP contribution >= 0.6 is 23.1 Å². The van der Waals surface area contributed by atoms with E-state index in [1.165, 1.54) is 29.5 Å². The smallest absolute Gasteiger partial charge is 0.272 e. The van der Waals surface area contributed by atoms with E-state index in [-0.39, 0.29) is 22.8 Å². The second-order valence-corrected chi connectivity index (χ2v) is 9.60. The normalized spacial score (nSPS) is 23.9. The van der Waals surface area contributed by atoms with Crippen molar-refractivity contribution < 1.29 is 4.79 Å². The molecule has 5 nitrogen and oxygen atoms in total. The third-order valence-corrected chi connectivity index (χ3v) is 7.51. The van der Waals surface area contributed by atoms with Gasteiger partial charge in [0.1, 0.15) is 4.70 Å². The number of carbonyl (C=O) groups is 1. The number of nitrogens with zero attached hydrogens (tertiary/aromatic N) is 2. The molecule has 2 aromatic heterocycles. The first kappa shape index (κ1) is 20.1. The Kier molecular flexibility index (Phi) is 6.42. The van der Waals surface area contributed by atoms with E-state index in [9.17, 15) is 9.59 Å². The second-order valence-electron chi connectivity index (χ2n) is 7.38. The van der Waals surface area contributed by atoms with E-state index in [0.29, 0.717) is 33.8 Å². The Bertz CT molecular complexity index is 889. The monoisotopic (exact) mass is 405 g/mol. The summed E-state index contributed by atoms with van der Waals surface area (Å²) in [7, 11) is 0. The van der Waals surface area contributed by atoms with Crippen molar-refractivity contribution in [1.82, 2.24) is 14.9 Å². The number of aromatic nitrogens is 2. The van der Waals surface area contributed by atoms with Gasteiger partial charge < -0.3 is 5.32 Å². The van der Waals surface area contributed by atoms with E-state index in [2.05, 4.69) is 30.7 Å². The van der Waals surface area contributed by atoms with Crippen LogP contribution in [-0.4, -0.2) is 26.8 Å². The topological polar surface area (TPSA) is 64.0 Å². The summed E-state index contributed by atoms with van der Waals surface area (Å²) < 4.78 is 2.24. The number of nitrogens with one attached hydrogen (secondary N) is 1. The van der Waals surface area contributed by atoms with Gasteiger partial charge in [0.05, 0.1) is 10.8 Å². The molecule has 1 aliphatic rings. The fourth-order valence-corrected chi connectivity index (χ4v) is 5.31. The van der Waals surface area contributed by atoms with Crippen LogP contribution in [0.1, 0.15) is 40.0 Å². The van der Waals surface area contributed by atoms with Crippen LogP contribution in [0, 0.1) is 11.8 Å². The van der Waals surface area contributed by atoms with Crippen LogP contribution in [0.5, 0.6) is 0 Å². The Morgan fingerprint density at radius 1 is 1.52 bits per heavy atom. The predicted octanol–water partition coefficient (Wildman–Crippen LogP) is 4.07. The molecule has 0 aromatic carbocycles. The van der Waals surface area contributed by atoms with Gasteiger partial charge in [-0.1, -0.05) is 44.5 Å². The molecule has 0 saturated heterocycles. The summed E-state index contributed by atoms with van der Waals surface area (Å²) in [6.45, 7) is 10.5. The van der Waals surface area contributed by atoms with Gasteiger partial charge in [0.2, 0.25) is 5.91 Å². The average Bonchev–Trinajstić information content (AvgIpc) is 3.11. The molecule has 0 bridgehead atoms. The minimum absolute atomic E-state index is 0.00997. The third kappa shape index (κ3) is 4.29. The minimum Gasteiger partial charge on any atom is -0.352 e. The summed E-state index contributed by atoms with van der Waals surface area (Å²) in [5.41, 5.74) is 0.620. The molecule has 1 aliphatic carbocycles. The number of allylic oxidation sites excluding steroid dienone is 1. The molecule has 1 amide bonds. The summed E-state index contributed by atoms with van der Waals surface area (Å²) >= 11 is 2.73. The van der Waals surface area contributed by atoms with Crippen LogP contribution in [0.4, 0.5) is 0 Å². The van der Waals surface area contributed by atoms with Crippen molar-refractivity contribution in [3.8, 4) is 0 Å². The lowest BCUT2D eigenvalue weighted by Crippen LogP contribution is -2.46. The molecule has 7 heteroatoms. The van der Waals surface area contributed by atoms with Gasteiger partial charge in [-0.05, 0) is 36.6 Å². The van der Waals surface area contributed by atoms with Gasteiger partial charge in [0.15, 0.2) is 5.16 Å². The Morgan fingerprint density at radius 2 is 2.30 bits per heavy atom. The molecule has 2 aromatic rings. The molecule has 3 rings (SSSR count). The van der Waals surface area contributed by atoms with E-state index >= 15 is 0 Å². The van der Waals surface area contributed by atoms with E-state index in [1.54, 1.807) is 10.6 Å². The minimum atomic E-state index is -0.325. The van der Waals surface area contributed by atoms with Gasteiger partial charge >= 0.3 is 0 Å². The lowest BCUT2D eigenvalue weighted by atomic mass is 9.78. The van der Waals surface area contributed by atoms with Gasteiger partial charge in [0.25, 0.3) is 5.56 Å². The van der Waals surface area contributed by atoms with Crippen LogP contribution < -0.4 is 10.9 Å². The van der Waals surface area contributed by atoms with Gasteiger partial charge in [-0.2, -0.15) is 0 Å². The zero-order valence-corrected chi connectivity index (χ0v) is 17.7. The van der Waals surface area contributed by atoms with E-state index < -0.39 is 0 Å². The third-order valence-electron chi connectivity index (χ3n) is 5.53. The van der Waals surface area contributed by atoms with Crippen molar-refractivity contribution >= 4 is 39.2 Å². The molecule has 0 radical (unpaired) electrons. The molecule has 0 spiro atoms. The molecule has 146 valence electrons. The number of carbonyl (C=O) groups excluding carboxylic acids is 1. The fourth-order valence-electron chi connectivity index (χ4n) is 3.60. The summed E-state index contributed by atoms with van der Waals surface area (Å²) in [5, 5.41) is 5.34. The first-order valence-electron chi connectivity index (χ1n) is 9.48. The average molecular weight is 406 g/mol. The first-order valence-corrected chi connectivity index (χ1v) is 11.2. The highest BCUT2D eigenvalue weighted by Gasteiger charge is 2.30. The van der Waals surface area contributed by atoms with E-state index in [1.807, 2.05) is 18.4 Å². The van der Waals surface area contributed by atoms with Gasteiger partial charge in [-0.25, -0.2) is 4.98 Å². The van der Waals surface area contributed by atoms with Gasteiger partial charge in [-0.15, -0.1) is 17.9 Å². The molecule has 1 saturated carbocycles. The number of fused-ring (bicyclic) bond motifs is 1. The maximum absolute atomic E-state index is 12.8. The molecular formula is C20H27N3O2S2. The van der Waals surface area contributed by atoms with Crippen LogP contribution in [0.15, 0.2) is 34.1 Å². The number of rotatable bonds is 6. The van der Waals surface area contributed by atoms with Crippen molar-refractivity contribution in [3.63, 3.8) is 0 Å². The molecule has 1 fully saturated rings. The highest BCUT2D eigenvalue weighted by atomic mass is 32.2. The Balaban J connectivity index is 1.77. The van der Waals surface area contributed by atoms with E-state index in [0.717, 1.165) is 12.8 Å². The van der Waals surface area contributed by atoms with E-state index in [4.69, 9.17) is 0 Å². The summed E-state index contributed by atoms with van der Waals surface area (Å²) in [6.07, 6.45) is 5.11. The predicted molar refractivity (Wildman–Crippen MR) is 114 cm³/mol. The maximum atomic E-state index is 12.8. The molecule has 27 heavy (non-hydrogen) atoms. The van der Waals surface area contributed by atoms with Crippen molar-refractivity contribution in [3.05, 3.63) is 34.5 Å². The lowest BCUT2D eigenvalue weighted by Gasteiger charge is -2.35. The van der Waals surface area contributed by atoms with Crippen molar-refractivity contribution in [2.75, 3.05) is 0 Å². The standard InChI is InChI=1S/C20H27N3O2S2/c1-5-10-23-19(25)17-16(9-11-26-17)22-20(23)27-14(4)18(24)21-15-8-6-7-12(2)13(15)3/h5,9,11-15H,1,6-8,10H2,2-4H3,(H,21,24)/t12-,13+,14+,15+/m0/s1. The molecule has 2 heterocycles. The second kappa shape index (κ2) is 8.61. The number of thiophene rings is 1. The molecule has 4 atom stereocenters. The zero-order valence-electron chi connectivity index (χ0n) is 16.1. The number of hydrogen-bond donors (Lipinski definition) is 1. The zero-order chi connectivity index (χ0) is 19.6. The Morgan fingerprint density at radius 3 is 3.04 bits per heavy atom. The van der Waals surface area contributed by atoms with Gasteiger partial charge in [0, 0.05) is 12.6 Å². The number of hydrogen-bond acceptors (Lipinski definition) is 5. The molecule has 0 aliphatic heterocycles. The van der Waals surface area contributed by atoms with Crippen molar-refractivity contribution in [1.29, 1.82) is 0 Å². The van der Waals surface area contributed by atoms with Crippen LogP contribution in [-0.2, 0) is 11.3 Å².